The first-order valence-electron chi connectivity index (χ1n) is 7.56. The number of rotatable bonds is 5. The second kappa shape index (κ2) is 7.21. The lowest BCUT2D eigenvalue weighted by molar-refractivity contribution is 0.509. The normalized spacial score (nSPS) is 10.6. The fourth-order valence-corrected chi connectivity index (χ4v) is 2.27. The predicted octanol–water partition coefficient (Wildman–Crippen LogP) is 4.56. The molecule has 25 heavy (non-hydrogen) atoms. The van der Waals surface area contributed by atoms with Crippen LogP contribution in [-0.2, 0) is 6.54 Å². The first-order valence-corrected chi connectivity index (χ1v) is 7.56. The molecule has 0 bridgehead atoms. The van der Waals surface area contributed by atoms with Gasteiger partial charge in [-0.15, -0.1) is 0 Å². The van der Waals surface area contributed by atoms with Crippen LogP contribution in [0.4, 0.5) is 30.5 Å². The number of nitrogens with zero attached hydrogens (tertiary/aromatic N) is 2. The summed E-state index contributed by atoms with van der Waals surface area (Å²) in [4.78, 5) is 8.43. The maximum Gasteiger partial charge on any atom is 0.160 e. The van der Waals surface area contributed by atoms with Crippen molar-refractivity contribution in [3.8, 4) is 0 Å². The van der Waals surface area contributed by atoms with Gasteiger partial charge in [0.1, 0.15) is 23.3 Å². The third-order valence-corrected chi connectivity index (χ3v) is 3.45. The molecule has 2 aromatic carbocycles. The SMILES string of the molecule is Cc1nc(NCc2ccccc2F)cc(Nc2ccc(F)c(F)c2)n1. The summed E-state index contributed by atoms with van der Waals surface area (Å²) < 4.78 is 39.9. The highest BCUT2D eigenvalue weighted by atomic mass is 19.2. The van der Waals surface area contributed by atoms with E-state index in [4.69, 9.17) is 0 Å². The van der Waals surface area contributed by atoms with Crippen molar-refractivity contribution in [2.24, 2.45) is 0 Å². The molecule has 3 rings (SSSR count). The molecule has 3 aromatic rings. The Kier molecular flexibility index (Phi) is 4.83. The molecule has 0 fully saturated rings. The van der Waals surface area contributed by atoms with Crippen LogP contribution in [0.1, 0.15) is 11.4 Å². The molecule has 0 amide bonds. The van der Waals surface area contributed by atoms with Crippen LogP contribution in [0.5, 0.6) is 0 Å². The van der Waals surface area contributed by atoms with Crippen molar-refractivity contribution in [2.45, 2.75) is 13.5 Å². The van der Waals surface area contributed by atoms with Crippen molar-refractivity contribution in [3.63, 3.8) is 0 Å². The van der Waals surface area contributed by atoms with E-state index in [1.165, 1.54) is 12.1 Å². The summed E-state index contributed by atoms with van der Waals surface area (Å²) in [5.41, 5.74) is 0.867. The van der Waals surface area contributed by atoms with Crippen LogP contribution in [0.2, 0.25) is 0 Å². The van der Waals surface area contributed by atoms with E-state index in [9.17, 15) is 13.2 Å². The zero-order valence-electron chi connectivity index (χ0n) is 13.4. The minimum Gasteiger partial charge on any atom is -0.366 e. The molecule has 0 atom stereocenters. The van der Waals surface area contributed by atoms with Crippen molar-refractivity contribution in [1.29, 1.82) is 0 Å². The Morgan fingerprint density at radius 3 is 2.36 bits per heavy atom. The lowest BCUT2D eigenvalue weighted by atomic mass is 10.2. The highest BCUT2D eigenvalue weighted by Crippen LogP contribution is 2.20. The first-order chi connectivity index (χ1) is 12.0. The molecule has 0 aliphatic heterocycles. The van der Waals surface area contributed by atoms with Crippen molar-refractivity contribution in [3.05, 3.63) is 77.4 Å². The van der Waals surface area contributed by atoms with E-state index < -0.39 is 11.6 Å². The summed E-state index contributed by atoms with van der Waals surface area (Å²) in [6.07, 6.45) is 0. The molecular weight excluding hydrogens is 329 g/mol. The molecule has 0 saturated carbocycles. The molecule has 1 heterocycles. The van der Waals surface area contributed by atoms with Gasteiger partial charge in [0.05, 0.1) is 0 Å². The van der Waals surface area contributed by atoms with Crippen LogP contribution < -0.4 is 10.6 Å². The smallest absolute Gasteiger partial charge is 0.160 e. The van der Waals surface area contributed by atoms with Crippen molar-refractivity contribution in [1.82, 2.24) is 9.97 Å². The molecule has 0 spiro atoms. The quantitative estimate of drug-likeness (QED) is 0.712. The number of aryl methyl sites for hydroxylation is 1. The summed E-state index contributed by atoms with van der Waals surface area (Å²) >= 11 is 0. The zero-order valence-corrected chi connectivity index (χ0v) is 13.4. The molecule has 0 unspecified atom stereocenters. The van der Waals surface area contributed by atoms with Crippen LogP contribution in [0.25, 0.3) is 0 Å². The van der Waals surface area contributed by atoms with Crippen molar-refractivity contribution in [2.75, 3.05) is 10.6 Å². The van der Waals surface area contributed by atoms with Crippen molar-refractivity contribution >= 4 is 17.3 Å². The molecule has 2 N–H and O–H groups in total. The minimum atomic E-state index is -0.950. The largest absolute Gasteiger partial charge is 0.366 e. The van der Waals surface area contributed by atoms with Crippen LogP contribution in [0.15, 0.2) is 48.5 Å². The Balaban J connectivity index is 1.76. The fraction of sp³-hybridized carbons (Fsp3) is 0.111. The van der Waals surface area contributed by atoms with Gasteiger partial charge in [-0.05, 0) is 25.1 Å². The van der Waals surface area contributed by atoms with E-state index in [1.54, 1.807) is 31.2 Å². The minimum absolute atomic E-state index is 0.258. The second-order valence-corrected chi connectivity index (χ2v) is 5.38. The average Bonchev–Trinajstić information content (AvgIpc) is 2.57. The lowest BCUT2D eigenvalue weighted by Gasteiger charge is -2.11. The van der Waals surface area contributed by atoms with Gasteiger partial charge in [0.2, 0.25) is 0 Å². The van der Waals surface area contributed by atoms with Gasteiger partial charge in [-0.25, -0.2) is 23.1 Å². The van der Waals surface area contributed by atoms with E-state index in [2.05, 4.69) is 20.6 Å². The topological polar surface area (TPSA) is 49.8 Å². The van der Waals surface area contributed by atoms with Crippen LogP contribution >= 0.6 is 0 Å². The number of halogens is 3. The Morgan fingerprint density at radius 2 is 1.60 bits per heavy atom. The monoisotopic (exact) mass is 344 g/mol. The summed E-state index contributed by atoms with van der Waals surface area (Å²) in [6, 6.07) is 11.5. The number of aromatic nitrogens is 2. The highest BCUT2D eigenvalue weighted by molar-refractivity contribution is 5.59. The molecule has 0 radical (unpaired) electrons. The predicted molar refractivity (Wildman–Crippen MR) is 90.1 cm³/mol. The van der Waals surface area contributed by atoms with E-state index in [-0.39, 0.29) is 12.4 Å². The highest BCUT2D eigenvalue weighted by Gasteiger charge is 2.07. The van der Waals surface area contributed by atoms with Crippen LogP contribution in [0, 0.1) is 24.4 Å². The van der Waals surface area contributed by atoms with Gasteiger partial charge in [-0.3, -0.25) is 0 Å². The molecule has 7 heteroatoms. The number of hydrogen-bond donors (Lipinski definition) is 2. The number of benzene rings is 2. The molecule has 1 aromatic heterocycles. The molecule has 0 aliphatic rings. The zero-order chi connectivity index (χ0) is 17.8. The van der Waals surface area contributed by atoms with Gasteiger partial charge in [0.15, 0.2) is 11.6 Å². The third kappa shape index (κ3) is 4.26. The summed E-state index contributed by atoms with van der Waals surface area (Å²) in [6.45, 7) is 1.96. The van der Waals surface area contributed by atoms with Gasteiger partial charge in [-0.1, -0.05) is 18.2 Å². The summed E-state index contributed by atoms with van der Waals surface area (Å²) in [5.74, 6) is -0.801. The van der Waals surface area contributed by atoms with Crippen molar-refractivity contribution < 1.29 is 13.2 Å². The lowest BCUT2D eigenvalue weighted by Crippen LogP contribution is -2.06. The Hall–Kier alpha value is -3.09. The molecule has 0 saturated heterocycles. The van der Waals surface area contributed by atoms with E-state index in [1.807, 2.05) is 0 Å². The van der Waals surface area contributed by atoms with Gasteiger partial charge < -0.3 is 10.6 Å². The Morgan fingerprint density at radius 1 is 0.840 bits per heavy atom. The molecular formula is C18H15F3N4. The van der Waals surface area contributed by atoms with Gasteiger partial charge in [0, 0.05) is 29.9 Å². The average molecular weight is 344 g/mol. The van der Waals surface area contributed by atoms with Gasteiger partial charge in [0.25, 0.3) is 0 Å². The van der Waals surface area contributed by atoms with Crippen LogP contribution in [-0.4, -0.2) is 9.97 Å². The molecule has 4 nitrogen and oxygen atoms in total. The fourth-order valence-electron chi connectivity index (χ4n) is 2.27. The Bertz CT molecular complexity index is 899. The van der Waals surface area contributed by atoms with E-state index in [0.717, 1.165) is 12.1 Å². The summed E-state index contributed by atoms with van der Waals surface area (Å²) in [5, 5.41) is 5.91. The van der Waals surface area contributed by atoms with Gasteiger partial charge in [-0.2, -0.15) is 0 Å². The number of hydrogen-bond acceptors (Lipinski definition) is 4. The second-order valence-electron chi connectivity index (χ2n) is 5.38. The molecule has 128 valence electrons. The maximum absolute atomic E-state index is 13.7. The maximum atomic E-state index is 13.7. The Labute approximate surface area is 142 Å². The van der Waals surface area contributed by atoms with Gasteiger partial charge >= 0.3 is 0 Å². The number of nitrogens with one attached hydrogen (secondary N) is 2. The van der Waals surface area contributed by atoms with E-state index in [0.29, 0.717) is 28.7 Å². The van der Waals surface area contributed by atoms with Crippen LogP contribution in [0.3, 0.4) is 0 Å². The first kappa shape index (κ1) is 16.8. The standard InChI is InChI=1S/C18H15F3N4/c1-11-23-17(22-10-12-4-2-3-5-14(12)19)9-18(24-11)25-13-6-7-15(20)16(21)8-13/h2-9H,10H2,1H3,(H2,22,23,24,25). The van der Waals surface area contributed by atoms with E-state index >= 15 is 0 Å². The summed E-state index contributed by atoms with van der Waals surface area (Å²) in [7, 11) is 0. The molecule has 0 aliphatic carbocycles. The number of anilines is 3. The third-order valence-electron chi connectivity index (χ3n) is 3.45.